The van der Waals surface area contributed by atoms with E-state index in [1.54, 1.807) is 13.8 Å². The maximum absolute atomic E-state index is 13.6. The van der Waals surface area contributed by atoms with E-state index < -0.39 is 41.1 Å². The molecule has 1 heterocycles. The highest BCUT2D eigenvalue weighted by Gasteiger charge is 2.68. The predicted octanol–water partition coefficient (Wildman–Crippen LogP) is 2.02. The van der Waals surface area contributed by atoms with Crippen LogP contribution in [-0.2, 0) is 4.79 Å². The number of carbonyl (C=O) groups is 3. The van der Waals surface area contributed by atoms with Crippen LogP contribution in [0.3, 0.4) is 0 Å². The Morgan fingerprint density at radius 2 is 1.88 bits per heavy atom. The number of alkyl halides is 3. The standard InChI is InChI=1S/C15H15F4N3O3/c1-8(2)7-22-12(24)14(15(17,18)19,21-13(22)25)20-11(23)9-5-3-4-6-10(9)16/h3-6,8H,7H2,1-2H3,(H,20,23)(H,21,25). The van der Waals surface area contributed by atoms with Gasteiger partial charge in [0.1, 0.15) is 5.82 Å². The molecule has 1 aromatic rings. The van der Waals surface area contributed by atoms with Crippen LogP contribution >= 0.6 is 0 Å². The van der Waals surface area contributed by atoms with Crippen LogP contribution < -0.4 is 10.6 Å². The molecule has 1 unspecified atom stereocenters. The summed E-state index contributed by atoms with van der Waals surface area (Å²) >= 11 is 0. The summed E-state index contributed by atoms with van der Waals surface area (Å²) in [5, 5.41) is 2.94. The first-order valence-electron chi connectivity index (χ1n) is 7.27. The monoisotopic (exact) mass is 361 g/mol. The average Bonchev–Trinajstić information content (AvgIpc) is 2.72. The van der Waals surface area contributed by atoms with Crippen molar-refractivity contribution in [3.63, 3.8) is 0 Å². The van der Waals surface area contributed by atoms with Crippen LogP contribution in [-0.4, -0.2) is 41.1 Å². The average molecular weight is 361 g/mol. The third-order valence-corrected chi connectivity index (χ3v) is 3.50. The van der Waals surface area contributed by atoms with E-state index in [-0.39, 0.29) is 12.5 Å². The molecule has 1 saturated heterocycles. The molecule has 1 fully saturated rings. The van der Waals surface area contributed by atoms with Crippen molar-refractivity contribution in [2.24, 2.45) is 5.92 Å². The molecule has 10 heteroatoms. The van der Waals surface area contributed by atoms with E-state index >= 15 is 0 Å². The fourth-order valence-corrected chi connectivity index (χ4v) is 2.34. The molecule has 0 aromatic heterocycles. The van der Waals surface area contributed by atoms with Gasteiger partial charge in [-0.3, -0.25) is 19.8 Å². The molecular formula is C15H15F4N3O3. The van der Waals surface area contributed by atoms with Crippen LogP contribution in [0.15, 0.2) is 24.3 Å². The van der Waals surface area contributed by atoms with E-state index in [1.807, 2.05) is 0 Å². The number of halogens is 4. The van der Waals surface area contributed by atoms with E-state index in [4.69, 9.17) is 0 Å². The van der Waals surface area contributed by atoms with Gasteiger partial charge in [-0.15, -0.1) is 0 Å². The Bertz CT molecular complexity index is 720. The second-order valence-electron chi connectivity index (χ2n) is 5.92. The van der Waals surface area contributed by atoms with Crippen LogP contribution in [0.4, 0.5) is 22.4 Å². The molecule has 0 saturated carbocycles. The van der Waals surface area contributed by atoms with Crippen LogP contribution in [0.25, 0.3) is 0 Å². The number of nitrogens with one attached hydrogen (secondary N) is 2. The number of urea groups is 1. The summed E-state index contributed by atoms with van der Waals surface area (Å²) in [6.07, 6.45) is -5.33. The summed E-state index contributed by atoms with van der Waals surface area (Å²) in [7, 11) is 0. The first-order chi connectivity index (χ1) is 11.5. The molecule has 4 amide bonds. The van der Waals surface area contributed by atoms with Crippen molar-refractivity contribution in [3.8, 4) is 0 Å². The number of hydrogen-bond donors (Lipinski definition) is 2. The third-order valence-electron chi connectivity index (χ3n) is 3.50. The summed E-state index contributed by atoms with van der Waals surface area (Å²) in [4.78, 5) is 36.6. The lowest BCUT2D eigenvalue weighted by atomic mass is 10.1. The molecule has 136 valence electrons. The Hall–Kier alpha value is -2.65. The van der Waals surface area contributed by atoms with E-state index in [1.165, 1.54) is 22.8 Å². The van der Waals surface area contributed by atoms with Gasteiger partial charge in [-0.2, -0.15) is 13.2 Å². The highest BCUT2D eigenvalue weighted by molar-refractivity contribution is 6.10. The normalized spacial score (nSPS) is 20.8. The number of rotatable bonds is 4. The number of benzene rings is 1. The maximum Gasteiger partial charge on any atom is 0.440 e. The van der Waals surface area contributed by atoms with Gasteiger partial charge in [0, 0.05) is 6.54 Å². The molecule has 1 aromatic carbocycles. The Labute approximate surface area is 140 Å². The molecule has 0 radical (unpaired) electrons. The van der Waals surface area contributed by atoms with Gasteiger partial charge in [-0.05, 0) is 18.1 Å². The number of imide groups is 1. The molecule has 1 aliphatic heterocycles. The maximum atomic E-state index is 13.6. The smallest absolute Gasteiger partial charge is 0.314 e. The minimum Gasteiger partial charge on any atom is -0.314 e. The third kappa shape index (κ3) is 3.28. The van der Waals surface area contributed by atoms with Crippen LogP contribution in [0.2, 0.25) is 0 Å². The second kappa shape index (κ2) is 6.34. The quantitative estimate of drug-likeness (QED) is 0.636. The van der Waals surface area contributed by atoms with Crippen molar-refractivity contribution >= 4 is 17.8 Å². The molecule has 1 atom stereocenters. The summed E-state index contributed by atoms with van der Waals surface area (Å²) in [6.45, 7) is 2.94. The van der Waals surface area contributed by atoms with Crippen LogP contribution in [0.1, 0.15) is 24.2 Å². The number of hydrogen-bond acceptors (Lipinski definition) is 3. The van der Waals surface area contributed by atoms with Crippen molar-refractivity contribution in [1.29, 1.82) is 0 Å². The minimum absolute atomic E-state index is 0.266. The zero-order valence-corrected chi connectivity index (χ0v) is 13.3. The minimum atomic E-state index is -5.33. The molecule has 0 bridgehead atoms. The molecular weight excluding hydrogens is 346 g/mol. The van der Waals surface area contributed by atoms with E-state index in [2.05, 4.69) is 0 Å². The van der Waals surface area contributed by atoms with E-state index in [0.717, 1.165) is 12.1 Å². The van der Waals surface area contributed by atoms with Gasteiger partial charge in [-0.25, -0.2) is 9.18 Å². The molecule has 0 aliphatic carbocycles. The molecule has 2 N–H and O–H groups in total. The van der Waals surface area contributed by atoms with Gasteiger partial charge >= 0.3 is 12.2 Å². The summed E-state index contributed by atoms with van der Waals surface area (Å²) in [6, 6.07) is 3.05. The van der Waals surface area contributed by atoms with Gasteiger partial charge in [-0.1, -0.05) is 26.0 Å². The Kier molecular flexibility index (Phi) is 4.74. The zero-order valence-electron chi connectivity index (χ0n) is 13.3. The van der Waals surface area contributed by atoms with Crippen molar-refractivity contribution < 1.29 is 31.9 Å². The number of amides is 4. The fraction of sp³-hybridized carbons (Fsp3) is 0.400. The molecule has 25 heavy (non-hydrogen) atoms. The number of nitrogens with zero attached hydrogens (tertiary/aromatic N) is 1. The van der Waals surface area contributed by atoms with Crippen molar-refractivity contribution in [2.45, 2.75) is 25.7 Å². The predicted molar refractivity (Wildman–Crippen MR) is 77.7 cm³/mol. The summed E-state index contributed by atoms with van der Waals surface area (Å²) < 4.78 is 54.3. The Morgan fingerprint density at radius 1 is 1.28 bits per heavy atom. The van der Waals surface area contributed by atoms with E-state index in [9.17, 15) is 31.9 Å². The van der Waals surface area contributed by atoms with Crippen LogP contribution in [0, 0.1) is 11.7 Å². The lowest BCUT2D eigenvalue weighted by Gasteiger charge is -2.30. The Balaban J connectivity index is 2.41. The van der Waals surface area contributed by atoms with Gasteiger partial charge in [0.2, 0.25) is 0 Å². The van der Waals surface area contributed by atoms with Gasteiger partial charge in [0.25, 0.3) is 17.5 Å². The number of carbonyl (C=O) groups excluding carboxylic acids is 3. The molecule has 0 spiro atoms. The topological polar surface area (TPSA) is 78.5 Å². The second-order valence-corrected chi connectivity index (χ2v) is 5.92. The fourth-order valence-electron chi connectivity index (χ4n) is 2.34. The zero-order chi connectivity index (χ0) is 19.0. The lowest BCUT2D eigenvalue weighted by Crippen LogP contribution is -2.69. The molecule has 2 rings (SSSR count). The van der Waals surface area contributed by atoms with Gasteiger partial charge < -0.3 is 5.32 Å². The lowest BCUT2D eigenvalue weighted by molar-refractivity contribution is -0.200. The highest BCUT2D eigenvalue weighted by Crippen LogP contribution is 2.34. The van der Waals surface area contributed by atoms with Gasteiger partial charge in [0.05, 0.1) is 5.56 Å². The van der Waals surface area contributed by atoms with Crippen molar-refractivity contribution in [2.75, 3.05) is 6.54 Å². The summed E-state index contributed by atoms with van der Waals surface area (Å²) in [5.41, 5.74) is -4.33. The van der Waals surface area contributed by atoms with Crippen LogP contribution in [0.5, 0.6) is 0 Å². The van der Waals surface area contributed by atoms with Gasteiger partial charge in [0.15, 0.2) is 0 Å². The summed E-state index contributed by atoms with van der Waals surface area (Å²) in [5.74, 6) is -4.49. The SMILES string of the molecule is CC(C)CN1C(=O)NC(NC(=O)c2ccccc2F)(C(F)(F)F)C1=O. The van der Waals surface area contributed by atoms with Crippen molar-refractivity contribution in [1.82, 2.24) is 15.5 Å². The first-order valence-corrected chi connectivity index (χ1v) is 7.27. The Morgan fingerprint density at radius 3 is 2.40 bits per heavy atom. The molecule has 6 nitrogen and oxygen atoms in total. The van der Waals surface area contributed by atoms with Crippen molar-refractivity contribution in [3.05, 3.63) is 35.6 Å². The van der Waals surface area contributed by atoms with E-state index in [0.29, 0.717) is 4.90 Å². The first kappa shape index (κ1) is 18.7. The molecule has 1 aliphatic rings. The largest absolute Gasteiger partial charge is 0.440 e. The highest BCUT2D eigenvalue weighted by atomic mass is 19.4.